The number of hydrogen-bond donors (Lipinski definition) is 0. The standard InChI is InChI=1S/C21H25N3O/c1-17(2)24(15-18-8-5-4-6-9-18)21(25)16-23(3)14-20-11-7-10-19(12-20)13-22/h4-12,17H,14-16H2,1-3H3. The van der Waals surface area contributed by atoms with Crippen LogP contribution in [0.5, 0.6) is 0 Å². The van der Waals surface area contributed by atoms with E-state index in [2.05, 4.69) is 6.07 Å². The first-order valence-corrected chi connectivity index (χ1v) is 8.50. The fraction of sp³-hybridized carbons (Fsp3) is 0.333. The fourth-order valence-corrected chi connectivity index (χ4v) is 2.77. The van der Waals surface area contributed by atoms with Crippen LogP contribution in [0.15, 0.2) is 54.6 Å². The number of carbonyl (C=O) groups is 1. The average molecular weight is 335 g/mol. The van der Waals surface area contributed by atoms with Crippen LogP contribution in [0.2, 0.25) is 0 Å². The predicted molar refractivity (Wildman–Crippen MR) is 99.6 cm³/mol. The molecule has 4 heteroatoms. The first-order valence-electron chi connectivity index (χ1n) is 8.50. The molecule has 0 radical (unpaired) electrons. The zero-order valence-corrected chi connectivity index (χ0v) is 15.1. The summed E-state index contributed by atoms with van der Waals surface area (Å²) >= 11 is 0. The van der Waals surface area contributed by atoms with Gasteiger partial charge in [0.2, 0.25) is 5.91 Å². The summed E-state index contributed by atoms with van der Waals surface area (Å²) in [5.41, 5.74) is 2.81. The van der Waals surface area contributed by atoms with Crippen LogP contribution >= 0.6 is 0 Å². The Bertz CT molecular complexity index is 734. The molecule has 0 fully saturated rings. The molecule has 2 aromatic carbocycles. The lowest BCUT2D eigenvalue weighted by molar-refractivity contribution is -0.134. The summed E-state index contributed by atoms with van der Waals surface area (Å²) in [4.78, 5) is 16.6. The Hall–Kier alpha value is -2.64. The summed E-state index contributed by atoms with van der Waals surface area (Å²) in [6.07, 6.45) is 0. The van der Waals surface area contributed by atoms with Crippen LogP contribution in [0.3, 0.4) is 0 Å². The van der Waals surface area contributed by atoms with Gasteiger partial charge in [0.25, 0.3) is 0 Å². The van der Waals surface area contributed by atoms with Gasteiger partial charge in [-0.05, 0) is 44.2 Å². The van der Waals surface area contributed by atoms with Gasteiger partial charge < -0.3 is 4.90 Å². The molecule has 0 atom stereocenters. The van der Waals surface area contributed by atoms with Crippen molar-refractivity contribution in [3.63, 3.8) is 0 Å². The minimum atomic E-state index is 0.109. The lowest BCUT2D eigenvalue weighted by Gasteiger charge is -2.29. The highest BCUT2D eigenvalue weighted by Gasteiger charge is 2.19. The molecule has 0 unspecified atom stereocenters. The van der Waals surface area contributed by atoms with Crippen LogP contribution in [-0.4, -0.2) is 35.3 Å². The highest BCUT2D eigenvalue weighted by molar-refractivity contribution is 5.78. The van der Waals surface area contributed by atoms with E-state index < -0.39 is 0 Å². The number of carbonyl (C=O) groups excluding carboxylic acids is 1. The highest BCUT2D eigenvalue weighted by atomic mass is 16.2. The van der Waals surface area contributed by atoms with Gasteiger partial charge in [-0.15, -0.1) is 0 Å². The largest absolute Gasteiger partial charge is 0.335 e. The molecule has 0 saturated carbocycles. The number of benzene rings is 2. The van der Waals surface area contributed by atoms with E-state index in [1.54, 1.807) is 6.07 Å². The molecule has 0 heterocycles. The number of likely N-dealkylation sites (N-methyl/N-ethyl adjacent to an activating group) is 1. The van der Waals surface area contributed by atoms with E-state index in [-0.39, 0.29) is 11.9 Å². The third kappa shape index (κ3) is 5.74. The number of nitrogens with zero attached hydrogens (tertiary/aromatic N) is 3. The minimum absolute atomic E-state index is 0.109. The van der Waals surface area contributed by atoms with Gasteiger partial charge in [0, 0.05) is 19.1 Å². The quantitative estimate of drug-likeness (QED) is 0.779. The Kier molecular flexibility index (Phi) is 6.73. The fourth-order valence-electron chi connectivity index (χ4n) is 2.77. The first-order chi connectivity index (χ1) is 12.0. The van der Waals surface area contributed by atoms with E-state index in [1.807, 2.05) is 79.2 Å². The van der Waals surface area contributed by atoms with Crippen LogP contribution in [-0.2, 0) is 17.9 Å². The van der Waals surface area contributed by atoms with Crippen molar-refractivity contribution in [2.45, 2.75) is 33.0 Å². The molecule has 0 N–H and O–H groups in total. The van der Waals surface area contributed by atoms with Crippen LogP contribution in [0.25, 0.3) is 0 Å². The van der Waals surface area contributed by atoms with Gasteiger partial charge in [0.1, 0.15) is 0 Å². The molecule has 2 rings (SSSR count). The maximum Gasteiger partial charge on any atom is 0.237 e. The lowest BCUT2D eigenvalue weighted by atomic mass is 10.1. The van der Waals surface area contributed by atoms with E-state index in [0.717, 1.165) is 11.1 Å². The summed E-state index contributed by atoms with van der Waals surface area (Å²) in [6.45, 7) is 5.68. The van der Waals surface area contributed by atoms with E-state index in [9.17, 15) is 4.79 Å². The van der Waals surface area contributed by atoms with Gasteiger partial charge >= 0.3 is 0 Å². The molecule has 0 saturated heterocycles. The molecular weight excluding hydrogens is 310 g/mol. The third-order valence-corrected chi connectivity index (χ3v) is 4.05. The van der Waals surface area contributed by atoms with E-state index in [1.165, 1.54) is 0 Å². The Morgan fingerprint density at radius 1 is 1.04 bits per heavy atom. The summed E-state index contributed by atoms with van der Waals surface area (Å²) in [7, 11) is 1.93. The van der Waals surface area contributed by atoms with E-state index in [0.29, 0.717) is 25.2 Å². The van der Waals surface area contributed by atoms with Crippen LogP contribution < -0.4 is 0 Å². The van der Waals surface area contributed by atoms with Gasteiger partial charge in [-0.2, -0.15) is 5.26 Å². The molecule has 0 aliphatic heterocycles. The average Bonchev–Trinajstić information content (AvgIpc) is 2.60. The second-order valence-corrected chi connectivity index (χ2v) is 6.59. The van der Waals surface area contributed by atoms with Crippen molar-refractivity contribution >= 4 is 5.91 Å². The van der Waals surface area contributed by atoms with Crippen molar-refractivity contribution in [2.24, 2.45) is 0 Å². The molecule has 25 heavy (non-hydrogen) atoms. The van der Waals surface area contributed by atoms with Crippen LogP contribution in [0.1, 0.15) is 30.5 Å². The van der Waals surface area contributed by atoms with Crippen molar-refractivity contribution in [2.75, 3.05) is 13.6 Å². The van der Waals surface area contributed by atoms with Gasteiger partial charge in [-0.3, -0.25) is 9.69 Å². The zero-order valence-electron chi connectivity index (χ0n) is 15.1. The van der Waals surface area contributed by atoms with E-state index in [4.69, 9.17) is 5.26 Å². The SMILES string of the molecule is CC(C)N(Cc1ccccc1)C(=O)CN(C)Cc1cccc(C#N)c1. The maximum atomic E-state index is 12.7. The molecule has 0 aromatic heterocycles. The number of hydrogen-bond acceptors (Lipinski definition) is 3. The lowest BCUT2D eigenvalue weighted by Crippen LogP contribution is -2.42. The van der Waals surface area contributed by atoms with Crippen LogP contribution in [0.4, 0.5) is 0 Å². The summed E-state index contributed by atoms with van der Waals surface area (Å²) in [5, 5.41) is 8.99. The van der Waals surface area contributed by atoms with Gasteiger partial charge in [-0.1, -0.05) is 42.5 Å². The third-order valence-electron chi connectivity index (χ3n) is 4.05. The molecule has 0 bridgehead atoms. The van der Waals surface area contributed by atoms with Gasteiger partial charge in [0.05, 0.1) is 18.2 Å². The molecule has 0 aliphatic rings. The molecular formula is C21H25N3O. The molecule has 0 spiro atoms. The monoisotopic (exact) mass is 335 g/mol. The Balaban J connectivity index is 1.98. The Labute approximate surface area is 150 Å². The Morgan fingerprint density at radius 3 is 2.36 bits per heavy atom. The van der Waals surface area contributed by atoms with E-state index >= 15 is 0 Å². The second kappa shape index (κ2) is 9.00. The van der Waals surface area contributed by atoms with Gasteiger partial charge in [0.15, 0.2) is 0 Å². The second-order valence-electron chi connectivity index (χ2n) is 6.59. The number of amides is 1. The maximum absolute atomic E-state index is 12.7. The molecule has 130 valence electrons. The Morgan fingerprint density at radius 2 is 1.72 bits per heavy atom. The molecule has 1 amide bonds. The van der Waals surface area contributed by atoms with Crippen molar-refractivity contribution < 1.29 is 4.79 Å². The topological polar surface area (TPSA) is 47.3 Å². The number of nitriles is 1. The van der Waals surface area contributed by atoms with Gasteiger partial charge in [-0.25, -0.2) is 0 Å². The smallest absolute Gasteiger partial charge is 0.237 e. The molecule has 0 aliphatic carbocycles. The summed E-state index contributed by atoms with van der Waals surface area (Å²) in [5.74, 6) is 0.109. The summed E-state index contributed by atoms with van der Waals surface area (Å²) in [6, 6.07) is 19.8. The first kappa shape index (κ1) is 18.7. The van der Waals surface area contributed by atoms with Crippen LogP contribution in [0, 0.1) is 11.3 Å². The summed E-state index contributed by atoms with van der Waals surface area (Å²) < 4.78 is 0. The van der Waals surface area contributed by atoms with Crippen molar-refractivity contribution in [3.05, 3.63) is 71.3 Å². The zero-order chi connectivity index (χ0) is 18.2. The molecule has 4 nitrogen and oxygen atoms in total. The molecule has 2 aromatic rings. The van der Waals surface area contributed by atoms with Crippen molar-refractivity contribution in [1.29, 1.82) is 5.26 Å². The normalized spacial score (nSPS) is 10.7. The number of rotatable bonds is 7. The minimum Gasteiger partial charge on any atom is -0.335 e. The highest BCUT2D eigenvalue weighted by Crippen LogP contribution is 2.11. The van der Waals surface area contributed by atoms with Crippen molar-refractivity contribution in [1.82, 2.24) is 9.80 Å². The predicted octanol–water partition coefficient (Wildman–Crippen LogP) is 3.43. The van der Waals surface area contributed by atoms with Crippen molar-refractivity contribution in [3.8, 4) is 6.07 Å².